The summed E-state index contributed by atoms with van der Waals surface area (Å²) in [6.45, 7) is 2.04. The number of carbonyl (C=O) groups is 1. The SMILES string of the molecule is CC(=O)/C=C/c1ccc(-c2ccc(OCCCCCCCF)cc2)cc1. The molecule has 138 valence electrons. The zero-order valence-corrected chi connectivity index (χ0v) is 15.4. The van der Waals surface area contributed by atoms with Crippen molar-refractivity contribution in [3.8, 4) is 16.9 Å². The number of halogens is 1. The monoisotopic (exact) mass is 354 g/mol. The van der Waals surface area contributed by atoms with Gasteiger partial charge in [0.25, 0.3) is 0 Å². The van der Waals surface area contributed by atoms with Crippen molar-refractivity contribution < 1.29 is 13.9 Å². The highest BCUT2D eigenvalue weighted by Gasteiger charge is 2.00. The Morgan fingerprint density at radius 3 is 2.08 bits per heavy atom. The first kappa shape index (κ1) is 19.9. The molecule has 2 nitrogen and oxygen atoms in total. The van der Waals surface area contributed by atoms with E-state index in [4.69, 9.17) is 4.74 Å². The smallest absolute Gasteiger partial charge is 0.152 e. The lowest BCUT2D eigenvalue weighted by Gasteiger charge is -2.08. The Morgan fingerprint density at radius 1 is 0.885 bits per heavy atom. The van der Waals surface area contributed by atoms with Crippen molar-refractivity contribution >= 4 is 11.9 Å². The van der Waals surface area contributed by atoms with Gasteiger partial charge in [-0.15, -0.1) is 0 Å². The minimum Gasteiger partial charge on any atom is -0.494 e. The highest BCUT2D eigenvalue weighted by atomic mass is 19.1. The van der Waals surface area contributed by atoms with Crippen LogP contribution in [0.4, 0.5) is 4.39 Å². The summed E-state index contributed by atoms with van der Waals surface area (Å²) >= 11 is 0. The molecule has 0 heterocycles. The fourth-order valence-electron chi connectivity index (χ4n) is 2.66. The van der Waals surface area contributed by atoms with Crippen LogP contribution in [0.3, 0.4) is 0 Å². The predicted molar refractivity (Wildman–Crippen MR) is 106 cm³/mol. The summed E-state index contributed by atoms with van der Waals surface area (Å²) < 4.78 is 17.8. The van der Waals surface area contributed by atoms with Crippen molar-refractivity contribution in [3.05, 3.63) is 60.2 Å². The topological polar surface area (TPSA) is 26.3 Å². The van der Waals surface area contributed by atoms with Gasteiger partial charge in [-0.25, -0.2) is 0 Å². The number of allylic oxidation sites excluding steroid dienone is 1. The minimum absolute atomic E-state index is 0.0458. The van der Waals surface area contributed by atoms with Crippen LogP contribution in [-0.2, 0) is 4.79 Å². The van der Waals surface area contributed by atoms with Gasteiger partial charge in [0, 0.05) is 0 Å². The molecule has 0 aromatic heterocycles. The Labute approximate surface area is 155 Å². The van der Waals surface area contributed by atoms with E-state index in [2.05, 4.69) is 12.1 Å². The van der Waals surface area contributed by atoms with Crippen LogP contribution in [0.2, 0.25) is 0 Å². The third-order valence-corrected chi connectivity index (χ3v) is 4.16. The highest BCUT2D eigenvalue weighted by molar-refractivity contribution is 5.91. The number of hydrogen-bond donors (Lipinski definition) is 0. The van der Waals surface area contributed by atoms with Crippen LogP contribution in [0.25, 0.3) is 17.2 Å². The van der Waals surface area contributed by atoms with Gasteiger partial charge in [-0.05, 0) is 54.7 Å². The van der Waals surface area contributed by atoms with Crippen LogP contribution >= 0.6 is 0 Å². The average Bonchev–Trinajstić information content (AvgIpc) is 2.66. The maximum absolute atomic E-state index is 12.0. The Morgan fingerprint density at radius 2 is 1.46 bits per heavy atom. The number of ketones is 1. The van der Waals surface area contributed by atoms with Crippen molar-refractivity contribution in [2.75, 3.05) is 13.3 Å². The molecule has 0 radical (unpaired) electrons. The maximum atomic E-state index is 12.0. The number of rotatable bonds is 11. The number of ether oxygens (including phenoxy) is 1. The molecule has 2 rings (SSSR count). The summed E-state index contributed by atoms with van der Waals surface area (Å²) in [7, 11) is 0. The van der Waals surface area contributed by atoms with E-state index in [1.165, 1.54) is 0 Å². The molecule has 0 bridgehead atoms. The van der Waals surface area contributed by atoms with Gasteiger partial charge in [0.05, 0.1) is 13.3 Å². The Bertz CT molecular complexity index is 687. The summed E-state index contributed by atoms with van der Waals surface area (Å²) in [5, 5.41) is 0. The second-order valence-electron chi connectivity index (χ2n) is 6.40. The van der Waals surface area contributed by atoms with Crippen LogP contribution < -0.4 is 4.74 Å². The molecule has 0 atom stereocenters. The molecule has 0 fully saturated rings. The van der Waals surface area contributed by atoms with Crippen LogP contribution in [-0.4, -0.2) is 19.1 Å². The number of benzene rings is 2. The standard InChI is InChI=1S/C23H27FO2/c1-19(25)7-8-20-9-11-21(12-10-20)22-13-15-23(16-14-22)26-18-6-4-2-3-5-17-24/h7-16H,2-6,17-18H2,1H3/b8-7+. The molecule has 0 unspecified atom stereocenters. The molecule has 0 N–H and O–H groups in total. The predicted octanol–water partition coefficient (Wildman–Crippen LogP) is 6.25. The Hall–Kier alpha value is -2.42. The minimum atomic E-state index is -0.208. The van der Waals surface area contributed by atoms with Crippen molar-refractivity contribution in [3.63, 3.8) is 0 Å². The van der Waals surface area contributed by atoms with Crippen molar-refractivity contribution in [2.45, 2.75) is 39.0 Å². The van der Waals surface area contributed by atoms with Gasteiger partial charge in [-0.2, -0.15) is 0 Å². The van der Waals surface area contributed by atoms with Crippen LogP contribution in [0, 0.1) is 0 Å². The number of unbranched alkanes of at least 4 members (excludes halogenated alkanes) is 4. The molecule has 26 heavy (non-hydrogen) atoms. The summed E-state index contributed by atoms with van der Waals surface area (Å²) in [6.07, 6.45) is 8.20. The van der Waals surface area contributed by atoms with Gasteiger partial charge in [-0.1, -0.05) is 61.7 Å². The molecule has 0 amide bonds. The number of carbonyl (C=O) groups excluding carboxylic acids is 1. The maximum Gasteiger partial charge on any atom is 0.152 e. The number of alkyl halides is 1. The first-order chi connectivity index (χ1) is 12.7. The molecule has 0 aliphatic rings. The summed E-state index contributed by atoms with van der Waals surface area (Å²) in [6, 6.07) is 16.2. The zero-order valence-electron chi connectivity index (χ0n) is 15.4. The third-order valence-electron chi connectivity index (χ3n) is 4.16. The van der Waals surface area contributed by atoms with E-state index < -0.39 is 0 Å². The fraction of sp³-hybridized carbons (Fsp3) is 0.348. The first-order valence-corrected chi connectivity index (χ1v) is 9.27. The van der Waals surface area contributed by atoms with Gasteiger partial charge >= 0.3 is 0 Å². The molecular formula is C23H27FO2. The largest absolute Gasteiger partial charge is 0.494 e. The van der Waals surface area contributed by atoms with Gasteiger partial charge in [0.1, 0.15) is 5.75 Å². The molecule has 0 aliphatic carbocycles. The molecule has 2 aromatic rings. The third kappa shape index (κ3) is 7.22. The number of hydrogen-bond acceptors (Lipinski definition) is 2. The van der Waals surface area contributed by atoms with E-state index in [1.54, 1.807) is 13.0 Å². The van der Waals surface area contributed by atoms with E-state index >= 15 is 0 Å². The summed E-state index contributed by atoms with van der Waals surface area (Å²) in [4.78, 5) is 11.0. The van der Waals surface area contributed by atoms with E-state index in [9.17, 15) is 9.18 Å². The lowest BCUT2D eigenvalue weighted by molar-refractivity contribution is -0.112. The van der Waals surface area contributed by atoms with E-state index in [0.717, 1.165) is 48.1 Å². The second-order valence-corrected chi connectivity index (χ2v) is 6.40. The first-order valence-electron chi connectivity index (χ1n) is 9.27. The van der Waals surface area contributed by atoms with Gasteiger partial charge in [0.15, 0.2) is 5.78 Å². The Kier molecular flexibility index (Phi) is 8.61. The molecule has 0 saturated heterocycles. The van der Waals surface area contributed by atoms with Crippen LogP contribution in [0.1, 0.15) is 44.6 Å². The van der Waals surface area contributed by atoms with Gasteiger partial charge in [-0.3, -0.25) is 9.18 Å². The lowest BCUT2D eigenvalue weighted by atomic mass is 10.0. The second kappa shape index (κ2) is 11.2. The molecule has 2 aromatic carbocycles. The van der Waals surface area contributed by atoms with E-state index in [0.29, 0.717) is 13.0 Å². The Balaban J connectivity index is 1.80. The van der Waals surface area contributed by atoms with Crippen molar-refractivity contribution in [1.82, 2.24) is 0 Å². The highest BCUT2D eigenvalue weighted by Crippen LogP contribution is 2.23. The summed E-state index contributed by atoms with van der Waals surface area (Å²) in [5.74, 6) is 0.919. The zero-order chi connectivity index (χ0) is 18.6. The lowest BCUT2D eigenvalue weighted by Crippen LogP contribution is -1.97. The quantitative estimate of drug-likeness (QED) is 0.352. The van der Waals surface area contributed by atoms with E-state index in [1.807, 2.05) is 42.5 Å². The molecular weight excluding hydrogens is 327 g/mol. The van der Waals surface area contributed by atoms with Crippen LogP contribution in [0.15, 0.2) is 54.6 Å². The fourth-order valence-corrected chi connectivity index (χ4v) is 2.66. The van der Waals surface area contributed by atoms with Crippen molar-refractivity contribution in [2.24, 2.45) is 0 Å². The van der Waals surface area contributed by atoms with E-state index in [-0.39, 0.29) is 12.5 Å². The molecule has 0 saturated carbocycles. The molecule has 3 heteroatoms. The molecule has 0 spiro atoms. The normalized spacial score (nSPS) is 11.0. The summed E-state index contributed by atoms with van der Waals surface area (Å²) in [5.41, 5.74) is 3.27. The van der Waals surface area contributed by atoms with Crippen LogP contribution in [0.5, 0.6) is 5.75 Å². The van der Waals surface area contributed by atoms with Crippen molar-refractivity contribution in [1.29, 1.82) is 0 Å². The average molecular weight is 354 g/mol. The molecule has 0 aliphatic heterocycles. The van der Waals surface area contributed by atoms with Gasteiger partial charge in [0.2, 0.25) is 0 Å². The van der Waals surface area contributed by atoms with Gasteiger partial charge < -0.3 is 4.74 Å².